The van der Waals surface area contributed by atoms with Crippen molar-refractivity contribution in [1.29, 1.82) is 0 Å². The monoisotopic (exact) mass is 848 g/mol. The highest BCUT2D eigenvalue weighted by Gasteiger charge is 2.19. The zero-order valence-electron chi connectivity index (χ0n) is 34.5. The maximum Gasteiger partial charge on any atom is 0.306 e. The summed E-state index contributed by atoms with van der Waals surface area (Å²) >= 11 is 12.7. The number of halogens is 2. The van der Waals surface area contributed by atoms with Gasteiger partial charge in [0.1, 0.15) is 17.1 Å². The van der Waals surface area contributed by atoms with Gasteiger partial charge in [0.05, 0.1) is 22.3 Å². The lowest BCUT2D eigenvalue weighted by Gasteiger charge is -2.19. The van der Waals surface area contributed by atoms with E-state index in [1.54, 1.807) is 12.1 Å². The van der Waals surface area contributed by atoms with E-state index in [4.69, 9.17) is 46.5 Å². The Balaban J connectivity index is 0.000000191. The first kappa shape index (κ1) is 42.0. The molecule has 60 heavy (non-hydrogen) atoms. The quantitative estimate of drug-likeness (QED) is 0.118. The number of aromatic amines is 1. The average molecular weight is 850 g/mol. The first-order valence-corrected chi connectivity index (χ1v) is 20.4. The number of carbonyl (C=O) groups is 1. The summed E-state index contributed by atoms with van der Waals surface area (Å²) in [5.41, 5.74) is 4.84. The molecule has 0 amide bonds. The molecule has 0 atom stereocenters. The number of aromatic nitrogens is 6. The average Bonchev–Trinajstić information content (AvgIpc) is 4.03. The van der Waals surface area contributed by atoms with Crippen LogP contribution >= 0.6 is 23.2 Å². The highest BCUT2D eigenvalue weighted by atomic mass is 35.5. The van der Waals surface area contributed by atoms with Gasteiger partial charge >= 0.3 is 5.97 Å². The fraction of sp³-hybridized carbons (Fsp3) is 0.283. The van der Waals surface area contributed by atoms with Gasteiger partial charge < -0.3 is 32.8 Å². The summed E-state index contributed by atoms with van der Waals surface area (Å²) in [6.07, 6.45) is 5.03. The van der Waals surface area contributed by atoms with E-state index in [0.29, 0.717) is 64.4 Å². The third-order valence-corrected chi connectivity index (χ3v) is 9.62. The van der Waals surface area contributed by atoms with Crippen LogP contribution in [0.25, 0.3) is 67.5 Å². The molecule has 310 valence electrons. The molecule has 0 spiro atoms. The summed E-state index contributed by atoms with van der Waals surface area (Å²) in [7, 11) is 0. The lowest BCUT2D eigenvalue weighted by atomic mass is 10.1. The number of ether oxygens (including phenoxy) is 3. The highest BCUT2D eigenvalue weighted by Crippen LogP contribution is 2.35. The second-order valence-electron chi connectivity index (χ2n) is 15.7. The molecule has 8 aromatic rings. The maximum absolute atomic E-state index is 12.0. The zero-order valence-corrected chi connectivity index (χ0v) is 36.0. The van der Waals surface area contributed by atoms with Crippen LogP contribution in [0.4, 0.5) is 0 Å². The van der Waals surface area contributed by atoms with Crippen LogP contribution in [-0.2, 0) is 16.1 Å². The molecule has 0 saturated heterocycles. The van der Waals surface area contributed by atoms with Gasteiger partial charge in [0.15, 0.2) is 0 Å². The molecule has 0 unspecified atom stereocenters. The van der Waals surface area contributed by atoms with E-state index in [-0.39, 0.29) is 18.2 Å². The lowest BCUT2D eigenvalue weighted by molar-refractivity contribution is -0.154. The summed E-state index contributed by atoms with van der Waals surface area (Å²) < 4.78 is 29.9. The number of nitrogens with zero attached hydrogens (tertiary/aromatic N) is 5. The number of H-pyrrole nitrogens is 1. The first-order chi connectivity index (χ1) is 28.7. The normalized spacial score (nSPS) is 11.7. The van der Waals surface area contributed by atoms with Crippen LogP contribution in [-0.4, -0.2) is 53.6 Å². The van der Waals surface area contributed by atoms with Crippen molar-refractivity contribution in [3.63, 3.8) is 0 Å². The van der Waals surface area contributed by atoms with Crippen molar-refractivity contribution in [2.24, 2.45) is 0 Å². The van der Waals surface area contributed by atoms with E-state index < -0.39 is 5.60 Å². The van der Waals surface area contributed by atoms with Crippen molar-refractivity contribution >= 4 is 51.0 Å². The summed E-state index contributed by atoms with van der Waals surface area (Å²) in [4.78, 5) is 24.3. The van der Waals surface area contributed by atoms with Gasteiger partial charge in [-0.2, -0.15) is 9.97 Å². The van der Waals surface area contributed by atoms with E-state index >= 15 is 0 Å². The van der Waals surface area contributed by atoms with Crippen LogP contribution in [0.3, 0.4) is 0 Å². The third-order valence-electron chi connectivity index (χ3n) is 9.03. The van der Waals surface area contributed by atoms with Crippen LogP contribution in [0.2, 0.25) is 10.0 Å². The standard InChI is InChI=1S/C27H30ClN3O4.C19H16ClN3O2/c1-17(2)33-23-12-11-18(16-21(23)28)25-29-26(35-30-25)20-8-6-9-22-19(20)13-15-31(22)14-7-10-24(32)34-27(3,4)5;1-11(2)24-17-7-6-12(10-15(17)20)18-22-19(25-23-18)14-4-3-5-16-13(14)8-9-21-16/h6,8-9,11-13,15-17H,7,10,14H2,1-5H3;3-11,21H,1-2H3. The Morgan fingerprint density at radius 3 is 1.87 bits per heavy atom. The number of benzene rings is 4. The summed E-state index contributed by atoms with van der Waals surface area (Å²) in [5.74, 6) is 2.91. The smallest absolute Gasteiger partial charge is 0.306 e. The topological polar surface area (TPSA) is 143 Å². The van der Waals surface area contributed by atoms with Crippen molar-refractivity contribution in [3.8, 4) is 57.2 Å². The van der Waals surface area contributed by atoms with E-state index in [1.807, 2.05) is 134 Å². The molecule has 0 bridgehead atoms. The van der Waals surface area contributed by atoms with Crippen LogP contribution in [0.5, 0.6) is 11.5 Å². The highest BCUT2D eigenvalue weighted by molar-refractivity contribution is 6.32. The number of hydrogen-bond donors (Lipinski definition) is 1. The van der Waals surface area contributed by atoms with Crippen LogP contribution in [0, 0.1) is 0 Å². The maximum atomic E-state index is 12.0. The predicted octanol–water partition coefficient (Wildman–Crippen LogP) is 12.2. The Labute approximate surface area is 357 Å². The minimum absolute atomic E-state index is 0.0280. The molecule has 0 radical (unpaired) electrons. The SMILES string of the molecule is CC(C)Oc1ccc(-c2noc(-c3cccc4[nH]ccc34)n2)cc1Cl.CC(C)Oc1ccc(-c2noc(-c3cccc4c3ccn4CCCC(=O)OC(C)(C)C)n2)cc1Cl. The fourth-order valence-electron chi connectivity index (χ4n) is 6.54. The number of fused-ring (bicyclic) bond motifs is 2. The second kappa shape index (κ2) is 18.0. The molecule has 0 aliphatic heterocycles. The second-order valence-corrected chi connectivity index (χ2v) is 16.5. The van der Waals surface area contributed by atoms with Gasteiger partial charge in [-0.3, -0.25) is 4.79 Å². The van der Waals surface area contributed by atoms with E-state index in [9.17, 15) is 4.79 Å². The van der Waals surface area contributed by atoms with E-state index in [1.165, 1.54) is 0 Å². The van der Waals surface area contributed by atoms with Gasteiger partial charge in [-0.25, -0.2) is 0 Å². The van der Waals surface area contributed by atoms with Crippen molar-refractivity contribution in [3.05, 3.63) is 107 Å². The zero-order chi connectivity index (χ0) is 42.6. The third kappa shape index (κ3) is 10.0. The number of carbonyl (C=O) groups excluding carboxylic acids is 1. The Morgan fingerprint density at radius 1 is 0.750 bits per heavy atom. The number of rotatable bonds is 12. The minimum atomic E-state index is -0.468. The minimum Gasteiger partial charge on any atom is -0.489 e. The molecule has 0 saturated carbocycles. The van der Waals surface area contributed by atoms with Gasteiger partial charge in [0.25, 0.3) is 11.8 Å². The Morgan fingerprint density at radius 2 is 1.32 bits per heavy atom. The summed E-state index contributed by atoms with van der Waals surface area (Å²) in [6.45, 7) is 14.1. The molecule has 4 aromatic heterocycles. The van der Waals surface area contributed by atoms with Crippen molar-refractivity contribution < 1.29 is 28.1 Å². The number of esters is 1. The molecule has 4 heterocycles. The van der Waals surface area contributed by atoms with Crippen molar-refractivity contribution in [2.45, 2.75) is 85.7 Å². The number of aryl methyl sites for hydroxylation is 1. The predicted molar refractivity (Wildman–Crippen MR) is 234 cm³/mol. The summed E-state index contributed by atoms with van der Waals surface area (Å²) in [5, 5.41) is 11.3. The molecule has 0 aliphatic carbocycles. The van der Waals surface area contributed by atoms with Crippen LogP contribution < -0.4 is 9.47 Å². The van der Waals surface area contributed by atoms with E-state index in [2.05, 4.69) is 29.8 Å². The molecule has 0 aliphatic rings. The van der Waals surface area contributed by atoms with Crippen molar-refractivity contribution in [1.82, 2.24) is 29.8 Å². The van der Waals surface area contributed by atoms with Crippen LogP contribution in [0.15, 0.2) is 106 Å². The number of nitrogens with one attached hydrogen (secondary N) is 1. The number of hydrogen-bond acceptors (Lipinski definition) is 10. The Hall–Kier alpha value is -6.11. The largest absolute Gasteiger partial charge is 0.489 e. The van der Waals surface area contributed by atoms with Gasteiger partial charge in [-0.05, 0) is 128 Å². The molecule has 12 nitrogen and oxygen atoms in total. The van der Waals surface area contributed by atoms with Gasteiger partial charge in [-0.1, -0.05) is 45.6 Å². The van der Waals surface area contributed by atoms with Gasteiger partial charge in [-0.15, -0.1) is 0 Å². The van der Waals surface area contributed by atoms with Crippen molar-refractivity contribution in [2.75, 3.05) is 0 Å². The molecule has 0 fully saturated rings. The van der Waals surface area contributed by atoms with Crippen LogP contribution in [0.1, 0.15) is 61.3 Å². The van der Waals surface area contributed by atoms with E-state index in [0.717, 1.165) is 44.1 Å². The van der Waals surface area contributed by atoms with Gasteiger partial charge in [0.2, 0.25) is 11.6 Å². The molecule has 4 aromatic carbocycles. The molecular formula is C46H46Cl2N6O6. The van der Waals surface area contributed by atoms with Gasteiger partial charge in [0, 0.05) is 69.4 Å². The summed E-state index contributed by atoms with van der Waals surface area (Å²) in [6, 6.07) is 26.8. The lowest BCUT2D eigenvalue weighted by Crippen LogP contribution is -2.23. The Bertz CT molecular complexity index is 2740. The fourth-order valence-corrected chi connectivity index (χ4v) is 6.99. The molecule has 8 rings (SSSR count). The Kier molecular flexibility index (Phi) is 12.6. The molecule has 1 N–H and O–H groups in total. The first-order valence-electron chi connectivity index (χ1n) is 19.7. The molecular weight excluding hydrogens is 803 g/mol. The molecule has 14 heteroatoms.